The van der Waals surface area contributed by atoms with Gasteiger partial charge in [0.1, 0.15) is 11.6 Å². The quantitative estimate of drug-likeness (QED) is 0.222. The molecular formula is C30H46N2O6. The Balaban J connectivity index is 1.67. The van der Waals surface area contributed by atoms with Crippen LogP contribution in [0.15, 0.2) is 25.3 Å². The lowest BCUT2D eigenvalue weighted by molar-refractivity contribution is -0.157. The summed E-state index contributed by atoms with van der Waals surface area (Å²) in [5.74, 6) is -2.42. The molecule has 3 aliphatic heterocycles. The first kappa shape index (κ1) is 28.8. The van der Waals surface area contributed by atoms with Crippen LogP contribution in [-0.4, -0.2) is 82.3 Å². The van der Waals surface area contributed by atoms with Crippen molar-refractivity contribution in [3.8, 4) is 0 Å². The number of fused-ring (bicyclic) bond motifs is 1. The van der Waals surface area contributed by atoms with Gasteiger partial charge in [-0.05, 0) is 50.9 Å². The van der Waals surface area contributed by atoms with Gasteiger partial charge in [0.05, 0.1) is 37.2 Å². The van der Waals surface area contributed by atoms with E-state index in [2.05, 4.69) is 13.2 Å². The van der Waals surface area contributed by atoms with Gasteiger partial charge in [0, 0.05) is 12.6 Å². The van der Waals surface area contributed by atoms with Crippen LogP contribution in [0.25, 0.3) is 0 Å². The number of unbranched alkanes of at least 4 members (excludes halogenated alkanes) is 2. The van der Waals surface area contributed by atoms with Crippen molar-refractivity contribution in [2.24, 2.45) is 17.8 Å². The summed E-state index contributed by atoms with van der Waals surface area (Å²) < 4.78 is 12.2. The van der Waals surface area contributed by atoms with E-state index in [9.17, 15) is 19.5 Å². The van der Waals surface area contributed by atoms with Gasteiger partial charge in [-0.1, -0.05) is 45.3 Å². The average Bonchev–Trinajstić information content (AvgIpc) is 3.55. The predicted octanol–water partition coefficient (Wildman–Crippen LogP) is 3.62. The summed E-state index contributed by atoms with van der Waals surface area (Å²) in [5.41, 5.74) is -1.08. The van der Waals surface area contributed by atoms with Crippen molar-refractivity contribution in [1.82, 2.24) is 9.80 Å². The average molecular weight is 531 g/mol. The van der Waals surface area contributed by atoms with Gasteiger partial charge in [-0.2, -0.15) is 0 Å². The van der Waals surface area contributed by atoms with Gasteiger partial charge in [-0.3, -0.25) is 14.4 Å². The number of nitrogens with zero attached hydrogens (tertiary/aromatic N) is 2. The van der Waals surface area contributed by atoms with Crippen LogP contribution < -0.4 is 0 Å². The molecule has 38 heavy (non-hydrogen) atoms. The van der Waals surface area contributed by atoms with Crippen LogP contribution in [0.4, 0.5) is 0 Å². The first-order valence-electron chi connectivity index (χ1n) is 14.6. The number of hydrogen-bond acceptors (Lipinski definition) is 6. The molecule has 0 aromatic heterocycles. The zero-order valence-corrected chi connectivity index (χ0v) is 23.2. The van der Waals surface area contributed by atoms with Crippen LogP contribution in [-0.2, 0) is 23.9 Å². The standard InChI is InChI=1S/C30H46N2O6/c1-5-7-8-12-18-37-29(36)24-23-15-16-30(38-23)25(24)27(34)32(22(19-33)20(3)4)26(30)28(35)31(17-6-2)21-13-10-9-11-14-21/h5-6,20-26,33H,1-2,7-19H2,3-4H3/t22-,23-,24+,25-,26?,30?/m0/s1. The van der Waals surface area contributed by atoms with Crippen molar-refractivity contribution in [2.45, 2.75) is 108 Å². The molecule has 6 atom stereocenters. The molecule has 8 nitrogen and oxygen atoms in total. The summed E-state index contributed by atoms with van der Waals surface area (Å²) in [4.78, 5) is 45.5. The summed E-state index contributed by atoms with van der Waals surface area (Å²) in [6.07, 6.45) is 11.9. The highest BCUT2D eigenvalue weighted by molar-refractivity contribution is 5.98. The predicted molar refractivity (Wildman–Crippen MR) is 144 cm³/mol. The van der Waals surface area contributed by atoms with E-state index in [4.69, 9.17) is 9.47 Å². The Kier molecular flexibility index (Phi) is 9.35. The van der Waals surface area contributed by atoms with E-state index in [1.165, 1.54) is 0 Å². The van der Waals surface area contributed by atoms with Crippen LogP contribution in [0, 0.1) is 17.8 Å². The molecule has 4 aliphatic rings. The molecule has 3 heterocycles. The van der Waals surface area contributed by atoms with E-state index in [-0.39, 0.29) is 37.0 Å². The second kappa shape index (κ2) is 12.3. The van der Waals surface area contributed by atoms with Gasteiger partial charge in [0.15, 0.2) is 0 Å². The number of esters is 1. The number of carbonyl (C=O) groups is 3. The first-order chi connectivity index (χ1) is 18.3. The summed E-state index contributed by atoms with van der Waals surface area (Å²) in [6.45, 7) is 11.9. The molecule has 1 spiro atoms. The third kappa shape index (κ3) is 5.06. The minimum Gasteiger partial charge on any atom is -0.465 e. The number of rotatable bonds is 13. The van der Waals surface area contributed by atoms with Gasteiger partial charge < -0.3 is 24.4 Å². The van der Waals surface area contributed by atoms with Crippen LogP contribution in [0.3, 0.4) is 0 Å². The molecule has 1 aliphatic carbocycles. The number of likely N-dealkylation sites (tertiary alicyclic amines) is 1. The zero-order chi connectivity index (χ0) is 27.4. The lowest BCUT2D eigenvalue weighted by Crippen LogP contribution is -2.61. The van der Waals surface area contributed by atoms with Crippen LogP contribution in [0.5, 0.6) is 0 Å². The first-order valence-corrected chi connectivity index (χ1v) is 14.6. The van der Waals surface area contributed by atoms with Crippen molar-refractivity contribution < 1.29 is 29.0 Å². The van der Waals surface area contributed by atoms with Crippen LogP contribution in [0.2, 0.25) is 0 Å². The molecule has 1 saturated carbocycles. The number of hydrogen-bond donors (Lipinski definition) is 1. The number of carbonyl (C=O) groups excluding carboxylic acids is 3. The fourth-order valence-electron chi connectivity index (χ4n) is 7.38. The van der Waals surface area contributed by atoms with E-state index in [1.54, 1.807) is 11.0 Å². The Morgan fingerprint density at radius 3 is 2.55 bits per heavy atom. The molecule has 212 valence electrons. The summed E-state index contributed by atoms with van der Waals surface area (Å²) in [7, 11) is 0. The molecule has 1 N–H and O–H groups in total. The van der Waals surface area contributed by atoms with E-state index in [0.717, 1.165) is 51.4 Å². The summed E-state index contributed by atoms with van der Waals surface area (Å²) in [6, 6.07) is -1.34. The van der Waals surface area contributed by atoms with Gasteiger partial charge in [0.25, 0.3) is 0 Å². The van der Waals surface area contributed by atoms with Gasteiger partial charge >= 0.3 is 5.97 Å². The van der Waals surface area contributed by atoms with Crippen molar-refractivity contribution in [3.63, 3.8) is 0 Å². The minimum absolute atomic E-state index is 0.0792. The third-order valence-corrected chi connectivity index (χ3v) is 9.23. The molecule has 0 aromatic rings. The maximum Gasteiger partial charge on any atom is 0.312 e. The Hall–Kier alpha value is -2.19. The smallest absolute Gasteiger partial charge is 0.312 e. The van der Waals surface area contributed by atoms with E-state index >= 15 is 0 Å². The number of amides is 2. The highest BCUT2D eigenvalue weighted by atomic mass is 16.6. The van der Waals surface area contributed by atoms with E-state index in [1.807, 2.05) is 24.8 Å². The molecule has 4 fully saturated rings. The second-order valence-corrected chi connectivity index (χ2v) is 11.8. The topological polar surface area (TPSA) is 96.4 Å². The number of aliphatic hydroxyl groups is 1. The van der Waals surface area contributed by atoms with Crippen LogP contribution in [0.1, 0.15) is 78.1 Å². The number of ether oxygens (including phenoxy) is 2. The Bertz CT molecular complexity index is 899. The highest BCUT2D eigenvalue weighted by Gasteiger charge is 2.75. The van der Waals surface area contributed by atoms with Gasteiger partial charge in [-0.25, -0.2) is 0 Å². The fraction of sp³-hybridized carbons (Fsp3) is 0.767. The SMILES string of the molecule is C=CCCCCOC(=O)[C@@H]1[C@@H]2CCC3(O2)C(C(=O)N(CC=C)C2CCCCC2)N([C@@H](CO)C(C)C)C(=O)[C@H]13. The van der Waals surface area contributed by atoms with E-state index < -0.39 is 41.6 Å². The molecular weight excluding hydrogens is 484 g/mol. The Morgan fingerprint density at radius 2 is 1.92 bits per heavy atom. The third-order valence-electron chi connectivity index (χ3n) is 9.23. The lowest BCUT2D eigenvalue weighted by atomic mass is 9.70. The minimum atomic E-state index is -1.08. The van der Waals surface area contributed by atoms with Crippen molar-refractivity contribution in [3.05, 3.63) is 25.3 Å². The van der Waals surface area contributed by atoms with Crippen molar-refractivity contribution in [1.29, 1.82) is 0 Å². The second-order valence-electron chi connectivity index (χ2n) is 11.8. The number of allylic oxidation sites excluding steroid dienone is 1. The summed E-state index contributed by atoms with van der Waals surface area (Å²) >= 11 is 0. The van der Waals surface area contributed by atoms with Gasteiger partial charge in [-0.15, -0.1) is 13.2 Å². The highest BCUT2D eigenvalue weighted by Crippen LogP contribution is 2.59. The normalized spacial score (nSPS) is 31.4. The molecule has 3 saturated heterocycles. The molecule has 2 bridgehead atoms. The number of aliphatic hydroxyl groups excluding tert-OH is 1. The summed E-state index contributed by atoms with van der Waals surface area (Å²) in [5, 5.41) is 10.4. The molecule has 0 radical (unpaired) electrons. The zero-order valence-electron chi connectivity index (χ0n) is 23.2. The molecule has 4 rings (SSSR count). The Morgan fingerprint density at radius 1 is 1.18 bits per heavy atom. The fourth-order valence-corrected chi connectivity index (χ4v) is 7.38. The molecule has 2 unspecified atom stereocenters. The maximum atomic E-state index is 14.5. The molecule has 0 aromatic carbocycles. The monoisotopic (exact) mass is 530 g/mol. The van der Waals surface area contributed by atoms with Gasteiger partial charge in [0.2, 0.25) is 11.8 Å². The molecule has 2 amide bonds. The largest absolute Gasteiger partial charge is 0.465 e. The van der Waals surface area contributed by atoms with Crippen molar-refractivity contribution >= 4 is 17.8 Å². The maximum absolute atomic E-state index is 14.5. The van der Waals surface area contributed by atoms with Crippen molar-refractivity contribution in [2.75, 3.05) is 19.8 Å². The Labute approximate surface area is 227 Å². The van der Waals surface area contributed by atoms with E-state index in [0.29, 0.717) is 19.4 Å². The lowest BCUT2D eigenvalue weighted by Gasteiger charge is -2.43. The molecule has 8 heteroatoms. The van der Waals surface area contributed by atoms with Crippen LogP contribution >= 0.6 is 0 Å².